The maximum atomic E-state index is 12.0. The fourth-order valence-electron chi connectivity index (χ4n) is 6.50. The molecule has 5 heteroatoms. The number of carbonyl (C=O) groups is 1. The van der Waals surface area contributed by atoms with Gasteiger partial charge in [0.2, 0.25) is 5.91 Å². The van der Waals surface area contributed by atoms with Gasteiger partial charge in [-0.1, -0.05) is 6.07 Å². The first-order valence-corrected chi connectivity index (χ1v) is 11.4. The number of benzene rings is 1. The van der Waals surface area contributed by atoms with Gasteiger partial charge in [-0.2, -0.15) is 0 Å². The first kappa shape index (κ1) is 19.5. The summed E-state index contributed by atoms with van der Waals surface area (Å²) in [5.41, 5.74) is 8.77. The average Bonchev–Trinajstić information content (AvgIpc) is 3.42. The zero-order valence-corrected chi connectivity index (χ0v) is 17.8. The van der Waals surface area contributed by atoms with Crippen LogP contribution in [0.2, 0.25) is 0 Å². The second kappa shape index (κ2) is 7.07. The molecule has 2 heterocycles. The monoisotopic (exact) mass is 398 g/mol. The van der Waals surface area contributed by atoms with Crippen molar-refractivity contribution in [2.24, 2.45) is 17.6 Å². The SMILES string of the molecule is Cc1ccc(C(N)=O)cc1[C@]12CCN(CC3CC3)[C@H](C)[C@@H]1CCC1(C2)OCCO1. The molecule has 1 aromatic carbocycles. The van der Waals surface area contributed by atoms with Crippen molar-refractivity contribution in [1.82, 2.24) is 4.90 Å². The average molecular weight is 399 g/mol. The van der Waals surface area contributed by atoms with Gasteiger partial charge in [-0.3, -0.25) is 4.79 Å². The van der Waals surface area contributed by atoms with Gasteiger partial charge in [0.05, 0.1) is 13.2 Å². The first-order valence-electron chi connectivity index (χ1n) is 11.4. The number of nitrogens with zero attached hydrogens (tertiary/aromatic N) is 1. The van der Waals surface area contributed by atoms with Crippen molar-refractivity contribution < 1.29 is 14.3 Å². The summed E-state index contributed by atoms with van der Waals surface area (Å²) in [4.78, 5) is 14.7. The number of amides is 1. The van der Waals surface area contributed by atoms with Crippen LogP contribution in [0.25, 0.3) is 0 Å². The Balaban J connectivity index is 1.56. The quantitative estimate of drug-likeness (QED) is 0.844. The summed E-state index contributed by atoms with van der Waals surface area (Å²) in [6.45, 7) is 8.30. The Morgan fingerprint density at radius 1 is 1.21 bits per heavy atom. The van der Waals surface area contributed by atoms with Crippen molar-refractivity contribution in [2.75, 3.05) is 26.3 Å². The highest BCUT2D eigenvalue weighted by atomic mass is 16.7. The van der Waals surface area contributed by atoms with Crippen LogP contribution in [0.4, 0.5) is 0 Å². The molecule has 1 amide bonds. The summed E-state index contributed by atoms with van der Waals surface area (Å²) in [7, 11) is 0. The summed E-state index contributed by atoms with van der Waals surface area (Å²) in [6, 6.07) is 6.53. The van der Waals surface area contributed by atoms with Gasteiger partial charge < -0.3 is 20.1 Å². The minimum Gasteiger partial charge on any atom is -0.366 e. The Kier molecular flexibility index (Phi) is 4.76. The van der Waals surface area contributed by atoms with Gasteiger partial charge >= 0.3 is 0 Å². The highest BCUT2D eigenvalue weighted by Crippen LogP contribution is 2.57. The number of hydrogen-bond donors (Lipinski definition) is 1. The molecule has 3 atom stereocenters. The Hall–Kier alpha value is -1.43. The van der Waals surface area contributed by atoms with Crippen LogP contribution in [0, 0.1) is 18.8 Å². The number of ether oxygens (including phenoxy) is 2. The molecule has 2 saturated carbocycles. The van der Waals surface area contributed by atoms with Crippen LogP contribution in [0.1, 0.15) is 66.9 Å². The van der Waals surface area contributed by atoms with Gasteiger partial charge in [0.1, 0.15) is 0 Å². The van der Waals surface area contributed by atoms with Gasteiger partial charge in [0.25, 0.3) is 0 Å². The van der Waals surface area contributed by atoms with Crippen molar-refractivity contribution >= 4 is 5.91 Å². The number of rotatable bonds is 4. The molecule has 158 valence electrons. The van der Waals surface area contributed by atoms with E-state index in [1.54, 1.807) is 0 Å². The molecule has 1 spiro atoms. The lowest BCUT2D eigenvalue weighted by atomic mass is 9.54. The van der Waals surface area contributed by atoms with E-state index in [1.165, 1.54) is 30.5 Å². The van der Waals surface area contributed by atoms with Crippen molar-refractivity contribution in [3.05, 3.63) is 34.9 Å². The van der Waals surface area contributed by atoms with E-state index < -0.39 is 5.79 Å². The molecular weight excluding hydrogens is 364 g/mol. The molecule has 0 bridgehead atoms. The maximum Gasteiger partial charge on any atom is 0.248 e. The number of nitrogens with two attached hydrogens (primary N) is 1. The second-order valence-electron chi connectivity index (χ2n) is 9.91. The summed E-state index contributed by atoms with van der Waals surface area (Å²) >= 11 is 0. The molecular formula is C24H34N2O3. The minimum atomic E-state index is -0.454. The molecule has 2 aliphatic heterocycles. The lowest BCUT2D eigenvalue weighted by Gasteiger charge is -2.58. The van der Waals surface area contributed by atoms with Gasteiger partial charge in [-0.25, -0.2) is 0 Å². The molecule has 2 saturated heterocycles. The normalized spacial score (nSPS) is 34.3. The van der Waals surface area contributed by atoms with Crippen molar-refractivity contribution in [2.45, 2.75) is 69.6 Å². The number of hydrogen-bond acceptors (Lipinski definition) is 4. The third-order valence-corrected chi connectivity index (χ3v) is 8.20. The van der Waals surface area contributed by atoms with Crippen LogP contribution in [0.5, 0.6) is 0 Å². The van der Waals surface area contributed by atoms with E-state index in [-0.39, 0.29) is 11.3 Å². The Morgan fingerprint density at radius 3 is 2.66 bits per heavy atom. The molecule has 29 heavy (non-hydrogen) atoms. The topological polar surface area (TPSA) is 64.8 Å². The maximum absolute atomic E-state index is 12.0. The van der Waals surface area contributed by atoms with Gasteiger partial charge in [0, 0.05) is 36.4 Å². The molecule has 0 unspecified atom stereocenters. The summed E-state index contributed by atoms with van der Waals surface area (Å²) in [5, 5.41) is 0. The smallest absolute Gasteiger partial charge is 0.248 e. The van der Waals surface area contributed by atoms with Crippen LogP contribution in [0.15, 0.2) is 18.2 Å². The zero-order chi connectivity index (χ0) is 20.2. The molecule has 0 radical (unpaired) electrons. The fraction of sp³-hybridized carbons (Fsp3) is 0.708. The summed E-state index contributed by atoms with van der Waals surface area (Å²) in [6.07, 6.45) is 6.83. The molecule has 1 aromatic rings. The second-order valence-corrected chi connectivity index (χ2v) is 9.91. The highest BCUT2D eigenvalue weighted by Gasteiger charge is 2.58. The number of piperidine rings is 1. The van der Waals surface area contributed by atoms with Crippen molar-refractivity contribution in [3.8, 4) is 0 Å². The lowest BCUT2D eigenvalue weighted by Crippen LogP contribution is -2.61. The van der Waals surface area contributed by atoms with Crippen LogP contribution >= 0.6 is 0 Å². The van der Waals surface area contributed by atoms with Crippen LogP contribution in [-0.2, 0) is 14.9 Å². The Bertz CT molecular complexity index is 799. The Morgan fingerprint density at radius 2 is 1.97 bits per heavy atom. The summed E-state index contributed by atoms with van der Waals surface area (Å²) < 4.78 is 12.4. The van der Waals surface area contributed by atoms with E-state index in [0.29, 0.717) is 30.7 Å². The predicted octanol–water partition coefficient (Wildman–Crippen LogP) is 3.38. The number of aryl methyl sites for hydroxylation is 1. The minimum absolute atomic E-state index is 0.0302. The Labute approximate surface area is 173 Å². The molecule has 5 nitrogen and oxygen atoms in total. The lowest BCUT2D eigenvalue weighted by molar-refractivity contribution is -0.211. The molecule has 5 rings (SSSR count). The molecule has 4 aliphatic rings. The van der Waals surface area contributed by atoms with E-state index in [4.69, 9.17) is 15.2 Å². The van der Waals surface area contributed by atoms with Crippen molar-refractivity contribution in [3.63, 3.8) is 0 Å². The van der Waals surface area contributed by atoms with E-state index in [9.17, 15) is 4.79 Å². The number of likely N-dealkylation sites (tertiary alicyclic amines) is 1. The molecule has 0 aromatic heterocycles. The molecule has 4 fully saturated rings. The summed E-state index contributed by atoms with van der Waals surface area (Å²) in [5.74, 6) is 0.637. The molecule has 2 aliphatic carbocycles. The van der Waals surface area contributed by atoms with E-state index in [1.807, 2.05) is 6.07 Å². The highest BCUT2D eigenvalue weighted by molar-refractivity contribution is 5.93. The third kappa shape index (κ3) is 3.31. The van der Waals surface area contributed by atoms with Crippen LogP contribution in [0.3, 0.4) is 0 Å². The zero-order valence-electron chi connectivity index (χ0n) is 17.8. The molecule has 2 N–H and O–H groups in total. The predicted molar refractivity (Wildman–Crippen MR) is 112 cm³/mol. The van der Waals surface area contributed by atoms with E-state index >= 15 is 0 Å². The van der Waals surface area contributed by atoms with Gasteiger partial charge in [0.15, 0.2) is 5.79 Å². The first-order chi connectivity index (χ1) is 13.9. The number of primary amides is 1. The number of carbonyl (C=O) groups excluding carboxylic acids is 1. The van der Waals surface area contributed by atoms with Gasteiger partial charge in [-0.05, 0) is 81.2 Å². The van der Waals surface area contributed by atoms with Gasteiger partial charge in [-0.15, -0.1) is 0 Å². The van der Waals surface area contributed by atoms with E-state index in [2.05, 4.69) is 30.9 Å². The number of fused-ring (bicyclic) bond motifs is 1. The van der Waals surface area contributed by atoms with E-state index in [0.717, 1.165) is 38.1 Å². The fourth-order valence-corrected chi connectivity index (χ4v) is 6.50. The largest absolute Gasteiger partial charge is 0.366 e. The third-order valence-electron chi connectivity index (χ3n) is 8.20. The van der Waals surface area contributed by atoms with Crippen LogP contribution in [-0.4, -0.2) is 48.9 Å². The van der Waals surface area contributed by atoms with Crippen LogP contribution < -0.4 is 5.73 Å². The van der Waals surface area contributed by atoms with Crippen molar-refractivity contribution in [1.29, 1.82) is 0 Å². The standard InChI is InChI=1S/C24H34N2O3/c1-16-3-6-19(22(25)27)13-21(16)23-9-10-26(14-18-4-5-18)17(2)20(23)7-8-24(15-23)28-11-12-29-24/h3,6,13,17-18,20H,4-5,7-12,14-15H2,1-2H3,(H2,25,27)/t17-,20+,23+/m1/s1.